The number of hydrogen-bond acceptors (Lipinski definition) is 3. The number of unbranched alkanes of at least 4 members (excludes halogenated alkanes) is 14. The van der Waals surface area contributed by atoms with Crippen molar-refractivity contribution in [3.05, 3.63) is 0 Å². The minimum Gasteiger partial charge on any atom is -0.328 e. The highest BCUT2D eigenvalue weighted by Gasteiger charge is 2.06. The first kappa shape index (κ1) is 30.3. The lowest BCUT2D eigenvalue weighted by Crippen LogP contribution is -1.95. The monoisotopic (exact) mass is 446 g/mol. The molecule has 0 aliphatic heterocycles. The molecule has 0 bridgehead atoms. The van der Waals surface area contributed by atoms with Gasteiger partial charge in [-0.3, -0.25) is 0 Å². The fourth-order valence-corrected chi connectivity index (χ4v) is 4.40. The normalized spacial score (nSPS) is 12.0. The van der Waals surface area contributed by atoms with E-state index in [1.807, 2.05) is 0 Å². The summed E-state index contributed by atoms with van der Waals surface area (Å²) in [6.45, 7) is 10.5. The van der Waals surface area contributed by atoms with E-state index in [1.165, 1.54) is 103 Å². The zero-order valence-corrected chi connectivity index (χ0v) is 21.9. The summed E-state index contributed by atoms with van der Waals surface area (Å²) in [5.41, 5.74) is 0. The van der Waals surface area contributed by atoms with Crippen LogP contribution in [-0.2, 0) is 9.05 Å². The Hall–Kier alpha value is 0.310. The Morgan fingerprint density at radius 1 is 0.467 bits per heavy atom. The SMILES string of the molecule is CC(C)CCCCCCCCCCOP(O)OCCCCCCCCCCC(C)C. The fraction of sp³-hybridized carbons (Fsp3) is 1.00. The van der Waals surface area contributed by atoms with Gasteiger partial charge < -0.3 is 13.9 Å². The molecule has 0 aromatic heterocycles. The molecule has 0 aliphatic carbocycles. The van der Waals surface area contributed by atoms with Crippen molar-refractivity contribution in [1.29, 1.82) is 0 Å². The highest BCUT2D eigenvalue weighted by atomic mass is 31.2. The van der Waals surface area contributed by atoms with Crippen LogP contribution in [0.15, 0.2) is 0 Å². The van der Waals surface area contributed by atoms with Crippen LogP contribution in [0, 0.1) is 11.8 Å². The Morgan fingerprint density at radius 3 is 1.03 bits per heavy atom. The highest BCUT2D eigenvalue weighted by Crippen LogP contribution is 2.33. The maximum absolute atomic E-state index is 9.79. The lowest BCUT2D eigenvalue weighted by Gasteiger charge is -2.10. The van der Waals surface area contributed by atoms with Crippen LogP contribution < -0.4 is 0 Å². The predicted molar refractivity (Wildman–Crippen MR) is 134 cm³/mol. The Morgan fingerprint density at radius 2 is 0.733 bits per heavy atom. The van der Waals surface area contributed by atoms with Crippen LogP contribution in [0.25, 0.3) is 0 Å². The molecule has 0 atom stereocenters. The van der Waals surface area contributed by atoms with Gasteiger partial charge in [0, 0.05) is 0 Å². The van der Waals surface area contributed by atoms with E-state index in [1.54, 1.807) is 0 Å². The third-order valence-electron chi connectivity index (χ3n) is 5.76. The molecule has 0 aliphatic rings. The molecular formula is C26H55O3P. The van der Waals surface area contributed by atoms with Crippen molar-refractivity contribution >= 4 is 8.60 Å². The maximum Gasteiger partial charge on any atom is 0.329 e. The summed E-state index contributed by atoms with van der Waals surface area (Å²) < 4.78 is 10.8. The lowest BCUT2D eigenvalue weighted by molar-refractivity contribution is 0.193. The van der Waals surface area contributed by atoms with Crippen LogP contribution in [0.2, 0.25) is 0 Å². The van der Waals surface area contributed by atoms with Crippen molar-refractivity contribution in [2.75, 3.05) is 13.2 Å². The van der Waals surface area contributed by atoms with E-state index in [2.05, 4.69) is 27.7 Å². The van der Waals surface area contributed by atoms with Gasteiger partial charge in [0.15, 0.2) is 0 Å². The molecule has 0 amide bonds. The average molecular weight is 447 g/mol. The fourth-order valence-electron chi connectivity index (χ4n) is 3.75. The quantitative estimate of drug-likeness (QED) is 0.118. The summed E-state index contributed by atoms with van der Waals surface area (Å²) in [5.74, 6) is 1.70. The van der Waals surface area contributed by atoms with Gasteiger partial charge in [-0.25, -0.2) is 0 Å². The Labute approximate surface area is 191 Å². The molecule has 182 valence electrons. The van der Waals surface area contributed by atoms with Crippen molar-refractivity contribution in [2.45, 2.75) is 143 Å². The van der Waals surface area contributed by atoms with Crippen molar-refractivity contribution < 1.29 is 13.9 Å². The van der Waals surface area contributed by atoms with E-state index >= 15 is 0 Å². The first-order chi connectivity index (χ1) is 14.5. The van der Waals surface area contributed by atoms with E-state index in [-0.39, 0.29) is 0 Å². The van der Waals surface area contributed by atoms with Gasteiger partial charge in [0.05, 0.1) is 13.2 Å². The Balaban J connectivity index is 3.16. The van der Waals surface area contributed by atoms with E-state index in [9.17, 15) is 4.89 Å². The molecule has 0 aromatic carbocycles. The van der Waals surface area contributed by atoms with Gasteiger partial charge in [-0.2, -0.15) is 0 Å². The molecule has 0 saturated heterocycles. The molecule has 4 heteroatoms. The minimum atomic E-state index is -1.66. The molecular weight excluding hydrogens is 391 g/mol. The van der Waals surface area contributed by atoms with Crippen LogP contribution in [0.1, 0.15) is 143 Å². The molecule has 0 aromatic rings. The summed E-state index contributed by atoms with van der Waals surface area (Å²) in [4.78, 5) is 9.79. The smallest absolute Gasteiger partial charge is 0.328 e. The van der Waals surface area contributed by atoms with Gasteiger partial charge in [-0.1, -0.05) is 130 Å². The van der Waals surface area contributed by atoms with Gasteiger partial charge in [-0.05, 0) is 24.7 Å². The van der Waals surface area contributed by atoms with E-state index in [0.29, 0.717) is 13.2 Å². The molecule has 0 saturated carbocycles. The third-order valence-corrected chi connectivity index (χ3v) is 6.56. The first-order valence-corrected chi connectivity index (χ1v) is 14.4. The number of rotatable bonds is 24. The molecule has 0 spiro atoms. The predicted octanol–water partition coefficient (Wildman–Crippen LogP) is 9.57. The largest absolute Gasteiger partial charge is 0.329 e. The Kier molecular flexibility index (Phi) is 24.2. The molecule has 30 heavy (non-hydrogen) atoms. The lowest BCUT2D eigenvalue weighted by atomic mass is 10.0. The van der Waals surface area contributed by atoms with E-state index in [4.69, 9.17) is 9.05 Å². The standard InChI is InChI=1S/C26H55O3P/c1-25(2)21-17-13-9-5-7-11-15-19-23-28-30(27)29-24-20-16-12-8-6-10-14-18-22-26(3)4/h25-27H,5-24H2,1-4H3. The van der Waals surface area contributed by atoms with Crippen LogP contribution in [0.5, 0.6) is 0 Å². The van der Waals surface area contributed by atoms with Gasteiger partial charge in [0.2, 0.25) is 0 Å². The second kappa shape index (κ2) is 24.0. The van der Waals surface area contributed by atoms with Crippen molar-refractivity contribution in [1.82, 2.24) is 0 Å². The topological polar surface area (TPSA) is 38.7 Å². The third kappa shape index (κ3) is 26.3. The zero-order chi connectivity index (χ0) is 22.3. The van der Waals surface area contributed by atoms with Crippen molar-refractivity contribution in [3.8, 4) is 0 Å². The molecule has 1 N–H and O–H groups in total. The second-order valence-corrected chi connectivity index (χ2v) is 10.9. The van der Waals surface area contributed by atoms with E-state index < -0.39 is 8.60 Å². The minimum absolute atomic E-state index is 0.632. The zero-order valence-electron chi connectivity index (χ0n) is 21.0. The first-order valence-electron chi connectivity index (χ1n) is 13.3. The summed E-state index contributed by atoms with van der Waals surface area (Å²) >= 11 is 0. The van der Waals surface area contributed by atoms with E-state index in [0.717, 1.165) is 24.7 Å². The molecule has 0 heterocycles. The van der Waals surface area contributed by atoms with Gasteiger partial charge in [0.25, 0.3) is 0 Å². The maximum atomic E-state index is 9.79. The van der Waals surface area contributed by atoms with Gasteiger partial charge >= 0.3 is 8.60 Å². The number of hydrogen-bond donors (Lipinski definition) is 1. The summed E-state index contributed by atoms with van der Waals surface area (Å²) in [7, 11) is -1.66. The molecule has 0 rings (SSSR count). The Bertz CT molecular complexity index is 293. The highest BCUT2D eigenvalue weighted by molar-refractivity contribution is 7.40. The molecule has 3 nitrogen and oxygen atoms in total. The van der Waals surface area contributed by atoms with Gasteiger partial charge in [0.1, 0.15) is 0 Å². The van der Waals surface area contributed by atoms with Crippen molar-refractivity contribution in [2.24, 2.45) is 11.8 Å². The molecule has 0 fully saturated rings. The summed E-state index contributed by atoms with van der Waals surface area (Å²) in [6.07, 6.45) is 23.6. The van der Waals surface area contributed by atoms with Crippen LogP contribution in [0.4, 0.5) is 0 Å². The van der Waals surface area contributed by atoms with Crippen LogP contribution in [0.3, 0.4) is 0 Å². The van der Waals surface area contributed by atoms with Crippen molar-refractivity contribution in [3.63, 3.8) is 0 Å². The molecule has 0 unspecified atom stereocenters. The van der Waals surface area contributed by atoms with Crippen LogP contribution in [-0.4, -0.2) is 18.1 Å². The summed E-state index contributed by atoms with van der Waals surface area (Å²) in [5, 5.41) is 0. The molecule has 0 radical (unpaired) electrons. The second-order valence-electron chi connectivity index (χ2n) is 9.93. The average Bonchev–Trinajstić information content (AvgIpc) is 2.69. The van der Waals surface area contributed by atoms with Crippen LogP contribution >= 0.6 is 8.60 Å². The summed E-state index contributed by atoms with van der Waals surface area (Å²) in [6, 6.07) is 0. The van der Waals surface area contributed by atoms with Gasteiger partial charge in [-0.15, -0.1) is 0 Å².